The molecule has 0 radical (unpaired) electrons. The van der Waals surface area contributed by atoms with Crippen molar-refractivity contribution in [3.63, 3.8) is 0 Å². The normalized spacial score (nSPS) is 11.6. The zero-order valence-corrected chi connectivity index (χ0v) is 15.0. The monoisotopic (exact) mass is 335 g/mol. The molecule has 0 aliphatic heterocycles. The fraction of sp³-hybridized carbons (Fsp3) is 0.938. The molecule has 1 amide bonds. The van der Waals surface area contributed by atoms with Crippen LogP contribution < -0.4 is 0 Å². The molecule has 6 heteroatoms. The van der Waals surface area contributed by atoms with E-state index in [2.05, 4.69) is 6.92 Å². The Kier molecular flexibility index (Phi) is 12.5. The Morgan fingerprint density at radius 3 is 1.82 bits per heavy atom. The fourth-order valence-corrected chi connectivity index (χ4v) is 2.84. The van der Waals surface area contributed by atoms with Crippen molar-refractivity contribution in [3.05, 3.63) is 0 Å². The van der Waals surface area contributed by atoms with Crippen LogP contribution in [0.4, 0.5) is 0 Å². The highest BCUT2D eigenvalue weighted by Gasteiger charge is 2.12. The van der Waals surface area contributed by atoms with E-state index in [0.717, 1.165) is 19.3 Å². The number of hydrogen-bond acceptors (Lipinski definition) is 3. The molecule has 0 aromatic rings. The lowest BCUT2D eigenvalue weighted by Gasteiger charge is -2.16. The lowest BCUT2D eigenvalue weighted by atomic mass is 10.1. The van der Waals surface area contributed by atoms with Crippen molar-refractivity contribution in [2.24, 2.45) is 0 Å². The Hall–Kier alpha value is -0.620. The van der Waals surface area contributed by atoms with Gasteiger partial charge in [-0.3, -0.25) is 9.35 Å². The summed E-state index contributed by atoms with van der Waals surface area (Å²) in [5, 5.41) is 0. The number of amides is 1. The van der Waals surface area contributed by atoms with Gasteiger partial charge in [-0.2, -0.15) is 8.42 Å². The van der Waals surface area contributed by atoms with Crippen LogP contribution in [0.1, 0.15) is 77.6 Å². The van der Waals surface area contributed by atoms with E-state index in [1.54, 1.807) is 7.05 Å². The quantitative estimate of drug-likeness (QED) is 0.388. The van der Waals surface area contributed by atoms with Gasteiger partial charge in [-0.05, 0) is 6.42 Å². The molecule has 0 aromatic carbocycles. The van der Waals surface area contributed by atoms with Crippen LogP contribution in [-0.2, 0) is 14.9 Å². The Balaban J connectivity index is 3.45. The molecule has 0 spiro atoms. The Labute approximate surface area is 136 Å². The molecule has 0 atom stereocenters. The van der Waals surface area contributed by atoms with Crippen LogP contribution in [-0.4, -0.2) is 43.1 Å². The molecule has 1 N–H and O–H groups in total. The van der Waals surface area contributed by atoms with Crippen molar-refractivity contribution in [3.8, 4) is 0 Å². The molecule has 0 heterocycles. The van der Waals surface area contributed by atoms with Gasteiger partial charge in [-0.1, -0.05) is 64.7 Å². The number of carbonyl (C=O) groups excluding carboxylic acids is 1. The Morgan fingerprint density at radius 1 is 0.909 bits per heavy atom. The minimum Gasteiger partial charge on any atom is -0.345 e. The molecule has 132 valence electrons. The van der Waals surface area contributed by atoms with Crippen LogP contribution in [0, 0.1) is 0 Å². The summed E-state index contributed by atoms with van der Waals surface area (Å²) in [7, 11) is -2.42. The number of nitrogens with zero attached hydrogens (tertiary/aromatic N) is 1. The molecule has 0 rings (SSSR count). The molecular formula is C16H33NO4S. The molecule has 5 nitrogen and oxygen atoms in total. The standard InChI is InChI=1S/C16H33NO4S/c1-3-4-5-6-7-8-9-10-11-12-13-16(18)17(2)14-15-22(19,20)21/h3-15H2,1-2H3,(H,19,20,21). The van der Waals surface area contributed by atoms with Crippen molar-refractivity contribution < 1.29 is 17.8 Å². The molecule has 0 fully saturated rings. The van der Waals surface area contributed by atoms with Gasteiger partial charge < -0.3 is 4.90 Å². The highest BCUT2D eigenvalue weighted by atomic mass is 32.2. The van der Waals surface area contributed by atoms with Crippen LogP contribution in [0.3, 0.4) is 0 Å². The molecule has 0 aromatic heterocycles. The van der Waals surface area contributed by atoms with Gasteiger partial charge in [-0.25, -0.2) is 0 Å². The van der Waals surface area contributed by atoms with Gasteiger partial charge in [0.05, 0.1) is 5.75 Å². The van der Waals surface area contributed by atoms with Gasteiger partial charge in [0.15, 0.2) is 0 Å². The summed E-state index contributed by atoms with van der Waals surface area (Å²) in [6.07, 6.45) is 12.7. The zero-order chi connectivity index (χ0) is 16.8. The smallest absolute Gasteiger partial charge is 0.266 e. The van der Waals surface area contributed by atoms with Gasteiger partial charge in [-0.15, -0.1) is 0 Å². The third kappa shape index (κ3) is 14.3. The number of carbonyl (C=O) groups is 1. The van der Waals surface area contributed by atoms with Crippen molar-refractivity contribution in [1.82, 2.24) is 4.90 Å². The van der Waals surface area contributed by atoms with E-state index in [0.29, 0.717) is 6.42 Å². The van der Waals surface area contributed by atoms with E-state index < -0.39 is 15.9 Å². The van der Waals surface area contributed by atoms with Gasteiger partial charge in [0.1, 0.15) is 0 Å². The molecule has 0 aliphatic rings. The second kappa shape index (κ2) is 12.9. The lowest BCUT2D eigenvalue weighted by Crippen LogP contribution is -2.31. The van der Waals surface area contributed by atoms with E-state index in [9.17, 15) is 13.2 Å². The topological polar surface area (TPSA) is 74.7 Å². The number of unbranched alkanes of at least 4 members (excludes halogenated alkanes) is 9. The summed E-state index contributed by atoms with van der Waals surface area (Å²) >= 11 is 0. The van der Waals surface area contributed by atoms with Crippen molar-refractivity contribution in [2.45, 2.75) is 77.6 Å². The first-order valence-electron chi connectivity index (χ1n) is 8.56. The van der Waals surface area contributed by atoms with E-state index >= 15 is 0 Å². The van der Waals surface area contributed by atoms with Gasteiger partial charge in [0, 0.05) is 20.0 Å². The summed E-state index contributed by atoms with van der Waals surface area (Å²) in [6, 6.07) is 0. The molecule has 0 saturated carbocycles. The van der Waals surface area contributed by atoms with Crippen molar-refractivity contribution >= 4 is 16.0 Å². The van der Waals surface area contributed by atoms with Gasteiger partial charge in [0.2, 0.25) is 5.91 Å². The second-order valence-electron chi connectivity index (χ2n) is 6.03. The minimum atomic E-state index is -3.99. The van der Waals surface area contributed by atoms with Crippen molar-refractivity contribution in [2.75, 3.05) is 19.3 Å². The van der Waals surface area contributed by atoms with Crippen molar-refractivity contribution in [1.29, 1.82) is 0 Å². The summed E-state index contributed by atoms with van der Waals surface area (Å²) in [4.78, 5) is 13.1. The van der Waals surface area contributed by atoms with E-state index in [4.69, 9.17) is 4.55 Å². The summed E-state index contributed by atoms with van der Waals surface area (Å²) < 4.78 is 29.9. The van der Waals surface area contributed by atoms with Crippen LogP contribution in [0.15, 0.2) is 0 Å². The Bertz CT molecular complexity index is 382. The molecular weight excluding hydrogens is 302 g/mol. The highest BCUT2D eigenvalue weighted by Crippen LogP contribution is 2.11. The largest absolute Gasteiger partial charge is 0.345 e. The third-order valence-corrected chi connectivity index (χ3v) is 4.55. The Morgan fingerprint density at radius 2 is 1.36 bits per heavy atom. The predicted molar refractivity (Wildman–Crippen MR) is 90.5 cm³/mol. The first-order valence-corrected chi connectivity index (χ1v) is 10.2. The average Bonchev–Trinajstić information content (AvgIpc) is 2.45. The zero-order valence-electron chi connectivity index (χ0n) is 14.2. The van der Waals surface area contributed by atoms with Crippen LogP contribution in [0.5, 0.6) is 0 Å². The molecule has 0 bridgehead atoms. The number of rotatable bonds is 14. The third-order valence-electron chi connectivity index (χ3n) is 3.85. The first kappa shape index (κ1) is 21.4. The van der Waals surface area contributed by atoms with Crippen LogP contribution >= 0.6 is 0 Å². The second-order valence-corrected chi connectivity index (χ2v) is 7.61. The highest BCUT2D eigenvalue weighted by molar-refractivity contribution is 7.85. The summed E-state index contributed by atoms with van der Waals surface area (Å²) in [5.74, 6) is -0.448. The maximum Gasteiger partial charge on any atom is 0.266 e. The SMILES string of the molecule is CCCCCCCCCCCCC(=O)N(C)CCS(=O)(=O)O. The maximum absolute atomic E-state index is 11.7. The van der Waals surface area contributed by atoms with E-state index in [-0.39, 0.29) is 12.5 Å². The number of hydrogen-bond donors (Lipinski definition) is 1. The maximum atomic E-state index is 11.7. The summed E-state index contributed by atoms with van der Waals surface area (Å²) in [6.45, 7) is 2.27. The lowest BCUT2D eigenvalue weighted by molar-refractivity contribution is -0.129. The van der Waals surface area contributed by atoms with Crippen LogP contribution in [0.2, 0.25) is 0 Å². The van der Waals surface area contributed by atoms with E-state index in [1.807, 2.05) is 0 Å². The molecule has 0 unspecified atom stereocenters. The average molecular weight is 336 g/mol. The van der Waals surface area contributed by atoms with Gasteiger partial charge >= 0.3 is 0 Å². The van der Waals surface area contributed by atoms with E-state index in [1.165, 1.54) is 49.8 Å². The minimum absolute atomic E-state index is 0.0510. The molecule has 0 aliphatic carbocycles. The summed E-state index contributed by atoms with van der Waals surface area (Å²) in [5.41, 5.74) is 0. The van der Waals surface area contributed by atoms with Gasteiger partial charge in [0.25, 0.3) is 10.1 Å². The predicted octanol–water partition coefficient (Wildman–Crippen LogP) is 3.64. The molecule has 22 heavy (non-hydrogen) atoms. The first-order chi connectivity index (χ1) is 10.4. The molecule has 0 saturated heterocycles. The van der Waals surface area contributed by atoms with Crippen LogP contribution in [0.25, 0.3) is 0 Å². The fourth-order valence-electron chi connectivity index (χ4n) is 2.33.